The van der Waals surface area contributed by atoms with Gasteiger partial charge in [0, 0.05) is 16.8 Å². The highest BCUT2D eigenvalue weighted by Gasteiger charge is 2.19. The van der Waals surface area contributed by atoms with Gasteiger partial charge in [0.25, 0.3) is 0 Å². The first kappa shape index (κ1) is 37.7. The van der Waals surface area contributed by atoms with Crippen molar-refractivity contribution in [2.45, 2.75) is 0 Å². The van der Waals surface area contributed by atoms with Gasteiger partial charge in [-0.15, -0.1) is 0 Å². The van der Waals surface area contributed by atoms with Crippen LogP contribution < -0.4 is 4.90 Å². The van der Waals surface area contributed by atoms with Gasteiger partial charge >= 0.3 is 0 Å². The van der Waals surface area contributed by atoms with E-state index in [1.54, 1.807) is 0 Å². The Hall–Kier alpha value is -8.26. The van der Waals surface area contributed by atoms with Crippen LogP contribution in [0.4, 0.5) is 17.1 Å². The SMILES string of the molecule is c1ccc(-c2ccc(-c3ccc(N(c4ccc(-c5ccccc5-c5ccccc5-c5ccccc5-c5ccccc5)cc4)c4cc5ccccc5c5ccccc45)cc3)cc2)cc1. The number of nitrogens with zero attached hydrogens (tertiary/aromatic N) is 1. The molecule has 0 fully saturated rings. The van der Waals surface area contributed by atoms with Crippen molar-refractivity contribution < 1.29 is 0 Å². The molecule has 1 nitrogen and oxygen atoms in total. The predicted molar refractivity (Wildman–Crippen MR) is 269 cm³/mol. The number of rotatable bonds is 9. The third kappa shape index (κ3) is 7.26. The van der Waals surface area contributed by atoms with E-state index < -0.39 is 0 Å². The molecule has 0 aliphatic carbocycles. The van der Waals surface area contributed by atoms with E-state index in [1.165, 1.54) is 82.7 Å². The maximum absolute atomic E-state index is 2.42. The summed E-state index contributed by atoms with van der Waals surface area (Å²) in [4.78, 5) is 2.42. The molecule has 0 N–H and O–H groups in total. The molecule has 0 bridgehead atoms. The molecule has 0 atom stereocenters. The lowest BCUT2D eigenvalue weighted by molar-refractivity contribution is 1.30. The summed E-state index contributed by atoms with van der Waals surface area (Å²) in [5, 5.41) is 4.91. The molecule has 296 valence electrons. The first-order valence-electron chi connectivity index (χ1n) is 21.7. The second-order valence-corrected chi connectivity index (χ2v) is 16.0. The van der Waals surface area contributed by atoms with E-state index in [9.17, 15) is 0 Å². The molecular weight excluding hydrogens is 759 g/mol. The number of fused-ring (bicyclic) bond motifs is 3. The van der Waals surface area contributed by atoms with Crippen molar-refractivity contribution in [3.63, 3.8) is 0 Å². The fraction of sp³-hybridized carbons (Fsp3) is 0. The third-order valence-corrected chi connectivity index (χ3v) is 12.3. The molecule has 63 heavy (non-hydrogen) atoms. The number of anilines is 3. The molecule has 0 heterocycles. The summed E-state index contributed by atoms with van der Waals surface area (Å²) in [6.45, 7) is 0. The first-order chi connectivity index (χ1) is 31.3. The van der Waals surface area contributed by atoms with Gasteiger partial charge in [0.15, 0.2) is 0 Å². The van der Waals surface area contributed by atoms with E-state index >= 15 is 0 Å². The topological polar surface area (TPSA) is 3.24 Å². The van der Waals surface area contributed by atoms with Crippen LogP contribution >= 0.6 is 0 Å². The van der Waals surface area contributed by atoms with E-state index in [1.807, 2.05) is 0 Å². The molecule has 11 aromatic carbocycles. The predicted octanol–water partition coefficient (Wildman–Crippen LogP) is 17.5. The second-order valence-electron chi connectivity index (χ2n) is 16.0. The van der Waals surface area contributed by atoms with Crippen LogP contribution in [0.25, 0.3) is 88.3 Å². The van der Waals surface area contributed by atoms with Gasteiger partial charge in [-0.05, 0) is 113 Å². The van der Waals surface area contributed by atoms with Crippen molar-refractivity contribution in [1.82, 2.24) is 0 Å². The fourth-order valence-electron chi connectivity index (χ4n) is 9.24. The minimum absolute atomic E-state index is 1.09. The van der Waals surface area contributed by atoms with Crippen molar-refractivity contribution in [2.75, 3.05) is 4.90 Å². The van der Waals surface area contributed by atoms with E-state index in [2.05, 4.69) is 266 Å². The summed E-state index contributed by atoms with van der Waals surface area (Å²) in [5.74, 6) is 0. The summed E-state index contributed by atoms with van der Waals surface area (Å²) in [6.07, 6.45) is 0. The smallest absolute Gasteiger partial charge is 0.0546 e. The van der Waals surface area contributed by atoms with Crippen LogP contribution in [0.15, 0.2) is 261 Å². The molecule has 0 aliphatic heterocycles. The van der Waals surface area contributed by atoms with Crippen LogP contribution in [-0.4, -0.2) is 0 Å². The van der Waals surface area contributed by atoms with Crippen molar-refractivity contribution in [3.8, 4) is 66.8 Å². The fourth-order valence-corrected chi connectivity index (χ4v) is 9.24. The number of hydrogen-bond acceptors (Lipinski definition) is 1. The van der Waals surface area contributed by atoms with Gasteiger partial charge in [0.2, 0.25) is 0 Å². The van der Waals surface area contributed by atoms with E-state index in [0.717, 1.165) is 22.6 Å². The average Bonchev–Trinajstić information content (AvgIpc) is 3.37. The molecule has 0 saturated heterocycles. The first-order valence-corrected chi connectivity index (χ1v) is 21.7. The Labute approximate surface area is 369 Å². The molecule has 11 aromatic rings. The Morgan fingerprint density at radius 3 is 1.03 bits per heavy atom. The lowest BCUT2D eigenvalue weighted by atomic mass is 9.87. The minimum Gasteiger partial charge on any atom is -0.310 e. The van der Waals surface area contributed by atoms with Crippen LogP contribution in [0, 0.1) is 0 Å². The highest BCUT2D eigenvalue weighted by molar-refractivity contribution is 6.14. The zero-order valence-electron chi connectivity index (χ0n) is 34.8. The monoisotopic (exact) mass is 801 g/mol. The number of benzene rings is 11. The van der Waals surface area contributed by atoms with Crippen LogP contribution in [0.3, 0.4) is 0 Å². The molecule has 11 rings (SSSR count). The Morgan fingerprint density at radius 2 is 0.524 bits per heavy atom. The van der Waals surface area contributed by atoms with E-state index in [0.29, 0.717) is 0 Å². The van der Waals surface area contributed by atoms with Gasteiger partial charge in [-0.25, -0.2) is 0 Å². The normalized spacial score (nSPS) is 11.2. The van der Waals surface area contributed by atoms with Crippen molar-refractivity contribution >= 4 is 38.6 Å². The van der Waals surface area contributed by atoms with Gasteiger partial charge in [0.1, 0.15) is 0 Å². The molecule has 0 radical (unpaired) electrons. The Bertz CT molecular complexity index is 3350. The molecule has 0 spiro atoms. The maximum atomic E-state index is 2.42. The van der Waals surface area contributed by atoms with Crippen LogP contribution in [0.5, 0.6) is 0 Å². The van der Waals surface area contributed by atoms with E-state index in [-0.39, 0.29) is 0 Å². The zero-order valence-corrected chi connectivity index (χ0v) is 34.8. The molecule has 0 unspecified atom stereocenters. The Morgan fingerprint density at radius 1 is 0.206 bits per heavy atom. The Kier molecular flexibility index (Phi) is 9.97. The minimum atomic E-state index is 1.09. The zero-order chi connectivity index (χ0) is 42.0. The van der Waals surface area contributed by atoms with Crippen LogP contribution in [0.2, 0.25) is 0 Å². The summed E-state index contributed by atoms with van der Waals surface area (Å²) in [5.41, 5.74) is 17.8. The summed E-state index contributed by atoms with van der Waals surface area (Å²) in [6, 6.07) is 94.6. The highest BCUT2D eigenvalue weighted by Crippen LogP contribution is 2.45. The number of hydrogen-bond donors (Lipinski definition) is 0. The summed E-state index contributed by atoms with van der Waals surface area (Å²) in [7, 11) is 0. The van der Waals surface area contributed by atoms with E-state index in [4.69, 9.17) is 0 Å². The van der Waals surface area contributed by atoms with Crippen LogP contribution in [-0.2, 0) is 0 Å². The van der Waals surface area contributed by atoms with Gasteiger partial charge in [-0.2, -0.15) is 0 Å². The molecule has 0 aliphatic rings. The maximum Gasteiger partial charge on any atom is 0.0546 e. The van der Waals surface area contributed by atoms with Crippen LogP contribution in [0.1, 0.15) is 0 Å². The Balaban J connectivity index is 1.00. The largest absolute Gasteiger partial charge is 0.310 e. The molecule has 0 saturated carbocycles. The summed E-state index contributed by atoms with van der Waals surface area (Å²) >= 11 is 0. The average molecular weight is 802 g/mol. The quantitative estimate of drug-likeness (QED) is 0.131. The lowest BCUT2D eigenvalue weighted by Gasteiger charge is -2.28. The lowest BCUT2D eigenvalue weighted by Crippen LogP contribution is -2.10. The molecular formula is C62H43N. The van der Waals surface area contributed by atoms with Crippen molar-refractivity contribution in [1.29, 1.82) is 0 Å². The third-order valence-electron chi connectivity index (χ3n) is 12.3. The van der Waals surface area contributed by atoms with Gasteiger partial charge in [-0.3, -0.25) is 0 Å². The van der Waals surface area contributed by atoms with Crippen molar-refractivity contribution in [3.05, 3.63) is 261 Å². The highest BCUT2D eigenvalue weighted by atomic mass is 15.1. The van der Waals surface area contributed by atoms with Gasteiger partial charge in [-0.1, -0.05) is 231 Å². The van der Waals surface area contributed by atoms with Gasteiger partial charge < -0.3 is 4.90 Å². The molecule has 1 heteroatoms. The molecule has 0 amide bonds. The molecule has 0 aromatic heterocycles. The van der Waals surface area contributed by atoms with Gasteiger partial charge in [0.05, 0.1) is 5.69 Å². The van der Waals surface area contributed by atoms with Crippen molar-refractivity contribution in [2.24, 2.45) is 0 Å². The summed E-state index contributed by atoms with van der Waals surface area (Å²) < 4.78 is 0. The second kappa shape index (κ2) is 16.7. The standard InChI is InChI=1S/C62H43N/c1-3-17-44(18-4-1)45-31-33-46(34-32-45)47-35-39-51(40-36-47)63(62-43-50-21-7-8-24-55(50)58-27-15-16-30-61(58)62)52-41-37-49(38-42-52)54-23-10-12-26-57(54)60-29-14-13-28-59(60)56-25-11-9-22-53(56)48-19-5-2-6-20-48/h1-43H.